The van der Waals surface area contributed by atoms with Gasteiger partial charge in [0.05, 0.1) is 24.7 Å². The molecule has 0 amide bonds. The van der Waals surface area contributed by atoms with E-state index in [2.05, 4.69) is 10.4 Å². The number of nitrogens with zero attached hydrogens (tertiary/aromatic N) is 2. The number of phenolic OH excluding ortho intramolecular Hbond substituents is 1. The summed E-state index contributed by atoms with van der Waals surface area (Å²) in [6.07, 6.45) is 1.45. The molecule has 8 heteroatoms. The Morgan fingerprint density at radius 1 is 1.19 bits per heavy atom. The number of ether oxygens (including phenoxy) is 1. The first-order valence-electron chi connectivity index (χ1n) is 7.63. The fraction of sp³-hybridized carbons (Fsp3) is 0.111. The van der Waals surface area contributed by atoms with Crippen molar-refractivity contribution in [2.45, 2.75) is 6.54 Å². The number of halogens is 2. The van der Waals surface area contributed by atoms with Crippen molar-refractivity contribution in [1.82, 2.24) is 9.78 Å². The summed E-state index contributed by atoms with van der Waals surface area (Å²) >= 11 is 12.1. The summed E-state index contributed by atoms with van der Waals surface area (Å²) in [5.74, 6) is 0.396. The van der Waals surface area contributed by atoms with E-state index in [0.29, 0.717) is 27.7 Å². The number of aromatic nitrogens is 2. The summed E-state index contributed by atoms with van der Waals surface area (Å²) in [4.78, 5) is 12.5. The highest BCUT2D eigenvalue weighted by atomic mass is 35.5. The van der Waals surface area contributed by atoms with Crippen LogP contribution in [0.3, 0.4) is 0 Å². The highest BCUT2D eigenvalue weighted by molar-refractivity contribution is 6.33. The van der Waals surface area contributed by atoms with Gasteiger partial charge >= 0.3 is 0 Å². The Labute approximate surface area is 159 Å². The normalized spacial score (nSPS) is 10.6. The maximum absolute atomic E-state index is 12.5. The summed E-state index contributed by atoms with van der Waals surface area (Å²) < 4.78 is 6.26. The molecular formula is C18H15Cl2N3O3. The number of rotatable bonds is 5. The number of para-hydroxylation sites is 1. The standard InChI is InChI=1S/C18H15Cl2N3O3/c1-26-15-4-2-3-11(17(15)24)9-21-14-10-22-23(18(25)16(14)20)13-7-5-12(19)6-8-13/h2-8,10,21,24H,9H2,1H3. The van der Waals surface area contributed by atoms with Crippen molar-refractivity contribution < 1.29 is 9.84 Å². The lowest BCUT2D eigenvalue weighted by molar-refractivity contribution is 0.371. The van der Waals surface area contributed by atoms with Crippen LogP contribution in [0.5, 0.6) is 11.5 Å². The van der Waals surface area contributed by atoms with E-state index in [0.717, 1.165) is 0 Å². The van der Waals surface area contributed by atoms with Gasteiger partial charge in [-0.1, -0.05) is 35.3 Å². The second-order valence-corrected chi connectivity index (χ2v) is 6.20. The van der Waals surface area contributed by atoms with Gasteiger partial charge in [-0.15, -0.1) is 0 Å². The number of anilines is 1. The highest BCUT2D eigenvalue weighted by Gasteiger charge is 2.12. The van der Waals surface area contributed by atoms with Crippen molar-refractivity contribution in [1.29, 1.82) is 0 Å². The smallest absolute Gasteiger partial charge is 0.292 e. The SMILES string of the molecule is COc1cccc(CNc2cnn(-c3ccc(Cl)cc3)c(=O)c2Cl)c1O. The average molecular weight is 392 g/mol. The lowest BCUT2D eigenvalue weighted by Gasteiger charge is -2.12. The monoisotopic (exact) mass is 391 g/mol. The van der Waals surface area contributed by atoms with E-state index in [4.69, 9.17) is 27.9 Å². The minimum atomic E-state index is -0.464. The molecule has 3 aromatic rings. The molecule has 0 aliphatic heterocycles. The first-order valence-corrected chi connectivity index (χ1v) is 8.39. The number of hydrogen-bond acceptors (Lipinski definition) is 5. The fourth-order valence-electron chi connectivity index (χ4n) is 2.39. The van der Waals surface area contributed by atoms with E-state index in [1.54, 1.807) is 42.5 Å². The second kappa shape index (κ2) is 7.68. The Kier molecular flexibility index (Phi) is 5.35. The Morgan fingerprint density at radius 2 is 1.92 bits per heavy atom. The summed E-state index contributed by atoms with van der Waals surface area (Å²) in [6.45, 7) is 0.245. The molecular weight excluding hydrogens is 377 g/mol. The molecule has 1 heterocycles. The lowest BCUT2D eigenvalue weighted by Crippen LogP contribution is -2.22. The average Bonchev–Trinajstić information content (AvgIpc) is 2.65. The third kappa shape index (κ3) is 3.61. The second-order valence-electron chi connectivity index (χ2n) is 5.39. The Bertz CT molecular complexity index is 988. The van der Waals surface area contributed by atoms with Gasteiger partial charge in [0.2, 0.25) is 0 Å². The molecule has 0 radical (unpaired) electrons. The largest absolute Gasteiger partial charge is 0.504 e. The number of benzene rings is 2. The molecule has 0 atom stereocenters. The van der Waals surface area contributed by atoms with Crippen molar-refractivity contribution in [3.63, 3.8) is 0 Å². The van der Waals surface area contributed by atoms with E-state index in [9.17, 15) is 9.90 Å². The van der Waals surface area contributed by atoms with E-state index in [1.807, 2.05) is 0 Å². The lowest BCUT2D eigenvalue weighted by atomic mass is 10.2. The van der Waals surface area contributed by atoms with Crippen LogP contribution in [0.1, 0.15) is 5.56 Å². The molecule has 2 aromatic carbocycles. The third-order valence-electron chi connectivity index (χ3n) is 3.76. The zero-order chi connectivity index (χ0) is 18.7. The van der Waals surface area contributed by atoms with Gasteiger partial charge in [0, 0.05) is 17.1 Å². The van der Waals surface area contributed by atoms with Crippen molar-refractivity contribution in [2.24, 2.45) is 0 Å². The van der Waals surface area contributed by atoms with Gasteiger partial charge in [0.25, 0.3) is 5.56 Å². The predicted molar refractivity (Wildman–Crippen MR) is 102 cm³/mol. The third-order valence-corrected chi connectivity index (χ3v) is 4.38. The summed E-state index contributed by atoms with van der Waals surface area (Å²) in [5, 5.41) is 17.8. The van der Waals surface area contributed by atoms with Gasteiger partial charge in [0.15, 0.2) is 11.5 Å². The van der Waals surface area contributed by atoms with Crippen molar-refractivity contribution >= 4 is 28.9 Å². The van der Waals surface area contributed by atoms with Crippen molar-refractivity contribution in [3.8, 4) is 17.2 Å². The highest BCUT2D eigenvalue weighted by Crippen LogP contribution is 2.30. The molecule has 6 nitrogen and oxygen atoms in total. The molecule has 0 unspecified atom stereocenters. The Balaban J connectivity index is 1.85. The van der Waals surface area contributed by atoms with E-state index in [-0.39, 0.29) is 17.3 Å². The molecule has 26 heavy (non-hydrogen) atoms. The maximum Gasteiger partial charge on any atom is 0.292 e. The topological polar surface area (TPSA) is 76.4 Å². The number of hydrogen-bond donors (Lipinski definition) is 2. The van der Waals surface area contributed by atoms with Crippen LogP contribution in [0, 0.1) is 0 Å². The van der Waals surface area contributed by atoms with Crippen LogP contribution in [0.25, 0.3) is 5.69 Å². The molecule has 0 aliphatic rings. The van der Waals surface area contributed by atoms with Crippen LogP contribution in [0.4, 0.5) is 5.69 Å². The number of phenols is 1. The van der Waals surface area contributed by atoms with Gasteiger partial charge in [-0.25, -0.2) is 0 Å². The van der Waals surface area contributed by atoms with Crippen molar-refractivity contribution in [3.05, 3.63) is 74.6 Å². The van der Waals surface area contributed by atoms with Crippen LogP contribution in [0.15, 0.2) is 53.5 Å². The minimum Gasteiger partial charge on any atom is -0.504 e. The van der Waals surface area contributed by atoms with Gasteiger partial charge in [-0.05, 0) is 30.3 Å². The number of aromatic hydroxyl groups is 1. The molecule has 0 aliphatic carbocycles. The van der Waals surface area contributed by atoms with Gasteiger partial charge in [-0.3, -0.25) is 4.79 Å². The predicted octanol–water partition coefficient (Wildman–Crippen LogP) is 3.87. The van der Waals surface area contributed by atoms with E-state index < -0.39 is 5.56 Å². The number of methoxy groups -OCH3 is 1. The Hall–Kier alpha value is -2.70. The quantitative estimate of drug-likeness (QED) is 0.690. The van der Waals surface area contributed by atoms with Crippen molar-refractivity contribution in [2.75, 3.05) is 12.4 Å². The first-order chi connectivity index (χ1) is 12.5. The zero-order valence-electron chi connectivity index (χ0n) is 13.7. The van der Waals surface area contributed by atoms with Gasteiger partial charge < -0.3 is 15.2 Å². The Morgan fingerprint density at radius 3 is 2.62 bits per heavy atom. The molecule has 0 saturated heterocycles. The summed E-state index contributed by atoms with van der Waals surface area (Å²) in [5.41, 5.74) is 1.05. The molecule has 0 bridgehead atoms. The maximum atomic E-state index is 12.5. The molecule has 0 spiro atoms. The van der Waals surface area contributed by atoms with Gasteiger partial charge in [0.1, 0.15) is 5.02 Å². The van der Waals surface area contributed by atoms with E-state index >= 15 is 0 Å². The van der Waals surface area contributed by atoms with Crippen LogP contribution in [-0.4, -0.2) is 22.0 Å². The van der Waals surface area contributed by atoms with Crippen LogP contribution in [-0.2, 0) is 6.54 Å². The summed E-state index contributed by atoms with van der Waals surface area (Å²) in [7, 11) is 1.48. The molecule has 134 valence electrons. The molecule has 1 aromatic heterocycles. The van der Waals surface area contributed by atoms with Crippen LogP contribution in [0.2, 0.25) is 10.0 Å². The molecule has 0 saturated carbocycles. The summed E-state index contributed by atoms with van der Waals surface area (Å²) in [6, 6.07) is 11.8. The van der Waals surface area contributed by atoms with Crippen LogP contribution >= 0.6 is 23.2 Å². The fourth-order valence-corrected chi connectivity index (χ4v) is 2.71. The first kappa shape index (κ1) is 18.1. The molecule has 3 rings (SSSR count). The van der Waals surface area contributed by atoms with Crippen LogP contribution < -0.4 is 15.6 Å². The zero-order valence-corrected chi connectivity index (χ0v) is 15.3. The number of nitrogens with one attached hydrogen (secondary N) is 1. The molecule has 0 fully saturated rings. The van der Waals surface area contributed by atoms with Gasteiger partial charge in [-0.2, -0.15) is 9.78 Å². The molecule has 2 N–H and O–H groups in total. The van der Waals surface area contributed by atoms with E-state index in [1.165, 1.54) is 18.0 Å². The minimum absolute atomic E-state index is 0.00247.